The van der Waals surface area contributed by atoms with Crippen molar-refractivity contribution in [2.45, 2.75) is 25.7 Å². The van der Waals surface area contributed by atoms with E-state index in [0.29, 0.717) is 18.1 Å². The molecule has 3 heteroatoms. The minimum Gasteiger partial charge on any atom is -0.462 e. The molecule has 0 atom stereocenters. The number of esters is 1. The summed E-state index contributed by atoms with van der Waals surface area (Å²) in [6, 6.07) is 12.0. The van der Waals surface area contributed by atoms with Crippen molar-refractivity contribution in [3.8, 4) is 11.3 Å². The van der Waals surface area contributed by atoms with Gasteiger partial charge in [0.25, 0.3) is 0 Å². The summed E-state index contributed by atoms with van der Waals surface area (Å²) < 4.78 is 5.14. The van der Waals surface area contributed by atoms with Crippen LogP contribution in [0.1, 0.15) is 41.7 Å². The zero-order chi connectivity index (χ0) is 13.2. The topological polar surface area (TPSA) is 42.1 Å². The Bertz CT molecular complexity index is 582. The van der Waals surface area contributed by atoms with E-state index in [1.54, 1.807) is 0 Å². The van der Waals surface area contributed by atoms with Gasteiger partial charge >= 0.3 is 5.97 Å². The SMILES string of the molecule is CCOC(=O)c1cc(-c2ccccc2)[nH]c1C1CC1. The fourth-order valence-electron chi connectivity index (χ4n) is 2.32. The molecule has 0 spiro atoms. The highest BCUT2D eigenvalue weighted by molar-refractivity contribution is 5.93. The lowest BCUT2D eigenvalue weighted by Crippen LogP contribution is -2.05. The van der Waals surface area contributed by atoms with E-state index in [9.17, 15) is 4.79 Å². The van der Waals surface area contributed by atoms with E-state index in [4.69, 9.17) is 4.74 Å². The second-order valence-corrected chi connectivity index (χ2v) is 4.87. The largest absolute Gasteiger partial charge is 0.462 e. The molecule has 3 rings (SSSR count). The first kappa shape index (κ1) is 12.0. The standard InChI is InChI=1S/C16H17NO2/c1-2-19-16(18)13-10-14(11-6-4-3-5-7-11)17-15(13)12-8-9-12/h3-7,10,12,17H,2,8-9H2,1H3. The van der Waals surface area contributed by atoms with Crippen molar-refractivity contribution in [1.29, 1.82) is 0 Å². The molecule has 0 bridgehead atoms. The Morgan fingerprint density at radius 2 is 2.05 bits per heavy atom. The highest BCUT2D eigenvalue weighted by atomic mass is 16.5. The second-order valence-electron chi connectivity index (χ2n) is 4.87. The second kappa shape index (κ2) is 4.92. The molecule has 1 aliphatic carbocycles. The molecule has 0 aliphatic heterocycles. The van der Waals surface area contributed by atoms with Gasteiger partial charge in [0.2, 0.25) is 0 Å². The number of benzene rings is 1. The Balaban J connectivity index is 1.99. The van der Waals surface area contributed by atoms with Crippen molar-refractivity contribution < 1.29 is 9.53 Å². The highest BCUT2D eigenvalue weighted by Gasteiger charge is 2.30. The van der Waals surface area contributed by atoms with Gasteiger partial charge < -0.3 is 9.72 Å². The lowest BCUT2D eigenvalue weighted by Gasteiger charge is -2.01. The van der Waals surface area contributed by atoms with Crippen LogP contribution in [0.25, 0.3) is 11.3 Å². The molecule has 0 unspecified atom stereocenters. The highest BCUT2D eigenvalue weighted by Crippen LogP contribution is 2.42. The summed E-state index contributed by atoms with van der Waals surface area (Å²) in [7, 11) is 0. The molecule has 19 heavy (non-hydrogen) atoms. The number of aromatic nitrogens is 1. The van der Waals surface area contributed by atoms with Gasteiger partial charge in [0.1, 0.15) is 0 Å². The van der Waals surface area contributed by atoms with Crippen molar-refractivity contribution in [3.05, 3.63) is 47.7 Å². The van der Waals surface area contributed by atoms with Crippen molar-refractivity contribution in [1.82, 2.24) is 4.98 Å². The van der Waals surface area contributed by atoms with Crippen LogP contribution in [-0.2, 0) is 4.74 Å². The molecule has 1 heterocycles. The number of rotatable bonds is 4. The normalized spacial score (nSPS) is 14.4. The van der Waals surface area contributed by atoms with E-state index >= 15 is 0 Å². The molecule has 1 saturated carbocycles. The molecular formula is C16H17NO2. The lowest BCUT2D eigenvalue weighted by molar-refractivity contribution is 0.0525. The van der Waals surface area contributed by atoms with E-state index in [0.717, 1.165) is 29.8 Å². The lowest BCUT2D eigenvalue weighted by atomic mass is 10.1. The minimum atomic E-state index is -0.220. The van der Waals surface area contributed by atoms with Gasteiger partial charge in [-0.3, -0.25) is 0 Å². The molecule has 2 aromatic rings. The van der Waals surface area contributed by atoms with Crippen LogP contribution < -0.4 is 0 Å². The Kier molecular flexibility index (Phi) is 3.11. The molecule has 0 amide bonds. The Labute approximate surface area is 112 Å². The van der Waals surface area contributed by atoms with Crippen molar-refractivity contribution in [2.75, 3.05) is 6.61 Å². The number of nitrogens with one attached hydrogen (secondary N) is 1. The van der Waals surface area contributed by atoms with E-state index in [-0.39, 0.29) is 5.97 Å². The molecule has 0 saturated heterocycles. The molecule has 98 valence electrons. The third kappa shape index (κ3) is 2.41. The fraction of sp³-hybridized carbons (Fsp3) is 0.312. The van der Waals surface area contributed by atoms with Crippen molar-refractivity contribution >= 4 is 5.97 Å². The third-order valence-electron chi connectivity index (χ3n) is 3.41. The predicted octanol–water partition coefficient (Wildman–Crippen LogP) is 3.74. The molecule has 3 nitrogen and oxygen atoms in total. The van der Waals surface area contributed by atoms with Crippen LogP contribution in [0, 0.1) is 0 Å². The van der Waals surface area contributed by atoms with Gasteiger partial charge in [-0.1, -0.05) is 30.3 Å². The number of hydrogen-bond acceptors (Lipinski definition) is 2. The molecule has 0 radical (unpaired) electrons. The first-order chi connectivity index (χ1) is 9.29. The van der Waals surface area contributed by atoms with Crippen LogP contribution in [0.4, 0.5) is 0 Å². The Morgan fingerprint density at radius 3 is 2.68 bits per heavy atom. The van der Waals surface area contributed by atoms with Crippen LogP contribution in [0.2, 0.25) is 0 Å². The monoisotopic (exact) mass is 255 g/mol. The van der Waals surface area contributed by atoms with Crippen molar-refractivity contribution in [2.24, 2.45) is 0 Å². The van der Waals surface area contributed by atoms with E-state index in [1.807, 2.05) is 43.3 Å². The average Bonchev–Trinajstić information content (AvgIpc) is 3.19. The maximum Gasteiger partial charge on any atom is 0.339 e. The molecular weight excluding hydrogens is 238 g/mol. The molecule has 1 N–H and O–H groups in total. The number of carbonyl (C=O) groups excluding carboxylic acids is 1. The first-order valence-corrected chi connectivity index (χ1v) is 6.75. The van der Waals surface area contributed by atoms with Gasteiger partial charge in [-0.05, 0) is 37.3 Å². The zero-order valence-electron chi connectivity index (χ0n) is 11.0. The van der Waals surface area contributed by atoms with Crippen LogP contribution in [0.5, 0.6) is 0 Å². The molecule has 1 aliphatic rings. The Hall–Kier alpha value is -2.03. The predicted molar refractivity (Wildman–Crippen MR) is 74.2 cm³/mol. The van der Waals surface area contributed by atoms with E-state index in [1.165, 1.54) is 0 Å². The summed E-state index contributed by atoms with van der Waals surface area (Å²) in [6.07, 6.45) is 2.31. The molecule has 1 aromatic carbocycles. The van der Waals surface area contributed by atoms with E-state index in [2.05, 4.69) is 4.98 Å². The summed E-state index contributed by atoms with van der Waals surface area (Å²) in [4.78, 5) is 15.4. The fourth-order valence-corrected chi connectivity index (χ4v) is 2.32. The van der Waals surface area contributed by atoms with Crippen LogP contribution in [0.15, 0.2) is 36.4 Å². The van der Waals surface area contributed by atoms with Crippen LogP contribution >= 0.6 is 0 Å². The maximum absolute atomic E-state index is 12.0. The van der Waals surface area contributed by atoms with Gasteiger partial charge in [0, 0.05) is 11.4 Å². The minimum absolute atomic E-state index is 0.220. The smallest absolute Gasteiger partial charge is 0.339 e. The molecule has 1 fully saturated rings. The third-order valence-corrected chi connectivity index (χ3v) is 3.41. The summed E-state index contributed by atoms with van der Waals surface area (Å²) in [5.74, 6) is 0.277. The Morgan fingerprint density at radius 1 is 1.32 bits per heavy atom. The van der Waals surface area contributed by atoms with Gasteiger partial charge in [0.05, 0.1) is 12.2 Å². The summed E-state index contributed by atoms with van der Waals surface area (Å²) in [5.41, 5.74) is 3.83. The molecule has 1 aromatic heterocycles. The zero-order valence-corrected chi connectivity index (χ0v) is 11.0. The van der Waals surface area contributed by atoms with Gasteiger partial charge in [-0.2, -0.15) is 0 Å². The maximum atomic E-state index is 12.0. The number of carbonyl (C=O) groups is 1. The summed E-state index contributed by atoms with van der Waals surface area (Å²) >= 11 is 0. The summed E-state index contributed by atoms with van der Waals surface area (Å²) in [5, 5.41) is 0. The van der Waals surface area contributed by atoms with E-state index < -0.39 is 0 Å². The number of H-pyrrole nitrogens is 1. The van der Waals surface area contributed by atoms with Gasteiger partial charge in [-0.25, -0.2) is 4.79 Å². The number of aromatic amines is 1. The number of ether oxygens (including phenoxy) is 1. The summed E-state index contributed by atoms with van der Waals surface area (Å²) in [6.45, 7) is 2.24. The van der Waals surface area contributed by atoms with Gasteiger partial charge in [0.15, 0.2) is 0 Å². The average molecular weight is 255 g/mol. The first-order valence-electron chi connectivity index (χ1n) is 6.75. The van der Waals surface area contributed by atoms with Crippen LogP contribution in [-0.4, -0.2) is 17.6 Å². The van der Waals surface area contributed by atoms with Gasteiger partial charge in [-0.15, -0.1) is 0 Å². The quantitative estimate of drug-likeness (QED) is 0.846. The number of hydrogen-bond donors (Lipinski definition) is 1. The van der Waals surface area contributed by atoms with Crippen molar-refractivity contribution in [3.63, 3.8) is 0 Å². The van der Waals surface area contributed by atoms with Crippen LogP contribution in [0.3, 0.4) is 0 Å².